The maximum atomic E-state index is 12.4. The Bertz CT molecular complexity index is 350. The van der Waals surface area contributed by atoms with Gasteiger partial charge in [-0.15, -0.1) is 11.8 Å². The van der Waals surface area contributed by atoms with E-state index in [4.69, 9.17) is 0 Å². The third-order valence-electron chi connectivity index (χ3n) is 3.86. The first kappa shape index (κ1) is 14.7. The van der Waals surface area contributed by atoms with E-state index >= 15 is 0 Å². The summed E-state index contributed by atoms with van der Waals surface area (Å²) in [6.45, 7) is 5.38. The number of carbonyl (C=O) groups is 2. The second-order valence-corrected chi connectivity index (χ2v) is 7.07. The molecule has 2 aliphatic rings. The minimum absolute atomic E-state index is 0.0592. The van der Waals surface area contributed by atoms with Crippen molar-refractivity contribution in [1.82, 2.24) is 15.1 Å². The minimum Gasteiger partial charge on any atom is -0.339 e. The van der Waals surface area contributed by atoms with Crippen LogP contribution in [-0.4, -0.2) is 71.9 Å². The predicted octanol–water partition coefficient (Wildman–Crippen LogP) is 0.162. The predicted molar refractivity (Wildman–Crippen MR) is 77.2 cm³/mol. The van der Waals surface area contributed by atoms with Crippen molar-refractivity contribution in [3.05, 3.63) is 0 Å². The summed E-state index contributed by atoms with van der Waals surface area (Å²) in [6, 6.07) is 0. The average Bonchev–Trinajstić information content (AvgIpc) is 2.87. The fraction of sp³-hybridized carbons (Fsp3) is 0.846. The highest BCUT2D eigenvalue weighted by atomic mass is 32.2. The molecule has 0 aromatic rings. The molecule has 0 spiro atoms. The van der Waals surface area contributed by atoms with Gasteiger partial charge in [0.2, 0.25) is 11.8 Å². The molecule has 2 saturated heterocycles. The van der Waals surface area contributed by atoms with E-state index in [1.165, 1.54) is 0 Å². The van der Waals surface area contributed by atoms with Crippen molar-refractivity contribution in [2.75, 3.05) is 45.5 Å². The molecule has 0 bridgehead atoms. The molecule has 2 fully saturated rings. The van der Waals surface area contributed by atoms with E-state index in [0.29, 0.717) is 0 Å². The van der Waals surface area contributed by atoms with Gasteiger partial charge in [0, 0.05) is 33.2 Å². The van der Waals surface area contributed by atoms with Crippen molar-refractivity contribution in [2.24, 2.45) is 0 Å². The second kappa shape index (κ2) is 6.13. The fourth-order valence-corrected chi connectivity index (χ4v) is 3.95. The van der Waals surface area contributed by atoms with Gasteiger partial charge in [-0.3, -0.25) is 9.59 Å². The van der Waals surface area contributed by atoms with Gasteiger partial charge in [-0.25, -0.2) is 0 Å². The first-order valence-corrected chi connectivity index (χ1v) is 7.89. The van der Waals surface area contributed by atoms with E-state index in [1.807, 2.05) is 11.8 Å². The largest absolute Gasteiger partial charge is 0.339 e. The third-order valence-corrected chi connectivity index (χ3v) is 5.37. The van der Waals surface area contributed by atoms with Crippen LogP contribution in [0.2, 0.25) is 0 Å². The van der Waals surface area contributed by atoms with Crippen LogP contribution in [0.3, 0.4) is 0 Å². The highest BCUT2D eigenvalue weighted by Crippen LogP contribution is 2.38. The summed E-state index contributed by atoms with van der Waals surface area (Å²) in [5.74, 6) is 1.20. The molecular formula is C13H23N3O2S. The molecular weight excluding hydrogens is 262 g/mol. The number of rotatable bonds is 3. The Morgan fingerprint density at radius 3 is 2.63 bits per heavy atom. The lowest BCUT2D eigenvalue weighted by Crippen LogP contribution is -2.51. The van der Waals surface area contributed by atoms with Crippen LogP contribution < -0.4 is 5.32 Å². The minimum atomic E-state index is -0.321. The number of piperazine rings is 1. The van der Waals surface area contributed by atoms with Gasteiger partial charge in [-0.1, -0.05) is 0 Å². The second-order valence-electron chi connectivity index (χ2n) is 5.47. The van der Waals surface area contributed by atoms with E-state index in [2.05, 4.69) is 5.32 Å². The molecule has 0 radical (unpaired) electrons. The van der Waals surface area contributed by atoms with Gasteiger partial charge in [0.25, 0.3) is 0 Å². The van der Waals surface area contributed by atoms with Gasteiger partial charge in [0.05, 0.1) is 11.3 Å². The molecule has 0 aromatic heterocycles. The lowest BCUT2D eigenvalue weighted by molar-refractivity contribution is -0.140. The van der Waals surface area contributed by atoms with E-state index in [9.17, 15) is 9.59 Å². The lowest BCUT2D eigenvalue weighted by atomic mass is 10.0. The molecule has 0 aliphatic carbocycles. The molecule has 0 aromatic carbocycles. The SMILES string of the molecule is CN(CC(=O)N1CCNCC1)C(=O)C1(C)CCCS1. The summed E-state index contributed by atoms with van der Waals surface area (Å²) in [5.41, 5.74) is 0. The van der Waals surface area contributed by atoms with Gasteiger partial charge >= 0.3 is 0 Å². The van der Waals surface area contributed by atoms with Crippen LogP contribution in [0.1, 0.15) is 19.8 Å². The maximum Gasteiger partial charge on any atom is 0.242 e. The summed E-state index contributed by atoms with van der Waals surface area (Å²) < 4.78 is -0.321. The van der Waals surface area contributed by atoms with Crippen LogP contribution in [0.25, 0.3) is 0 Å². The number of hydrogen-bond acceptors (Lipinski definition) is 4. The zero-order valence-electron chi connectivity index (χ0n) is 11.8. The van der Waals surface area contributed by atoms with Gasteiger partial charge < -0.3 is 15.1 Å². The van der Waals surface area contributed by atoms with Crippen LogP contribution in [0, 0.1) is 0 Å². The van der Waals surface area contributed by atoms with Crippen molar-refractivity contribution in [3.8, 4) is 0 Å². The zero-order chi connectivity index (χ0) is 13.9. The standard InChI is InChI=1S/C13H23N3O2S/c1-13(4-3-9-19-13)12(18)15(2)10-11(17)16-7-5-14-6-8-16/h14H,3-10H2,1-2H3. The molecule has 2 amide bonds. The quantitative estimate of drug-likeness (QED) is 0.803. The summed E-state index contributed by atoms with van der Waals surface area (Å²) >= 11 is 1.72. The highest BCUT2D eigenvalue weighted by Gasteiger charge is 2.39. The number of nitrogens with one attached hydrogen (secondary N) is 1. The van der Waals surface area contributed by atoms with E-state index in [-0.39, 0.29) is 23.1 Å². The topological polar surface area (TPSA) is 52.7 Å². The summed E-state index contributed by atoms with van der Waals surface area (Å²) in [6.07, 6.45) is 2.01. The molecule has 2 rings (SSSR count). The van der Waals surface area contributed by atoms with Crippen molar-refractivity contribution in [2.45, 2.75) is 24.5 Å². The normalized spacial score (nSPS) is 27.4. The molecule has 2 aliphatic heterocycles. The first-order valence-electron chi connectivity index (χ1n) is 6.91. The number of thioether (sulfide) groups is 1. The summed E-state index contributed by atoms with van der Waals surface area (Å²) in [4.78, 5) is 28.0. The number of hydrogen-bond donors (Lipinski definition) is 1. The van der Waals surface area contributed by atoms with Gasteiger partial charge in [-0.2, -0.15) is 0 Å². The summed E-state index contributed by atoms with van der Waals surface area (Å²) in [7, 11) is 1.74. The molecule has 19 heavy (non-hydrogen) atoms. The Morgan fingerprint density at radius 1 is 1.37 bits per heavy atom. The van der Waals surface area contributed by atoms with Crippen LogP contribution in [0.4, 0.5) is 0 Å². The lowest BCUT2D eigenvalue weighted by Gasteiger charge is -2.32. The van der Waals surface area contributed by atoms with Gasteiger partial charge in [0.15, 0.2) is 0 Å². The Labute approximate surface area is 119 Å². The molecule has 1 N–H and O–H groups in total. The van der Waals surface area contributed by atoms with Crippen LogP contribution in [-0.2, 0) is 9.59 Å². The Balaban J connectivity index is 1.87. The third kappa shape index (κ3) is 3.42. The van der Waals surface area contributed by atoms with Crippen molar-refractivity contribution >= 4 is 23.6 Å². The van der Waals surface area contributed by atoms with Gasteiger partial charge in [-0.05, 0) is 25.5 Å². The van der Waals surface area contributed by atoms with Crippen molar-refractivity contribution in [1.29, 1.82) is 0 Å². The number of amides is 2. The molecule has 2 heterocycles. The first-order chi connectivity index (χ1) is 9.03. The Hall–Kier alpha value is -0.750. The molecule has 108 valence electrons. The Morgan fingerprint density at radius 2 is 2.05 bits per heavy atom. The van der Waals surface area contributed by atoms with Crippen LogP contribution in [0.15, 0.2) is 0 Å². The highest BCUT2D eigenvalue weighted by molar-refractivity contribution is 8.01. The van der Waals surface area contributed by atoms with E-state index < -0.39 is 0 Å². The molecule has 1 unspecified atom stereocenters. The zero-order valence-corrected chi connectivity index (χ0v) is 12.6. The van der Waals surface area contributed by atoms with E-state index in [0.717, 1.165) is 44.8 Å². The molecule has 5 nitrogen and oxygen atoms in total. The summed E-state index contributed by atoms with van der Waals surface area (Å²) in [5, 5.41) is 3.22. The molecule has 0 saturated carbocycles. The van der Waals surface area contributed by atoms with E-state index in [1.54, 1.807) is 23.7 Å². The van der Waals surface area contributed by atoms with Crippen LogP contribution in [0.5, 0.6) is 0 Å². The molecule has 6 heteroatoms. The van der Waals surface area contributed by atoms with Gasteiger partial charge in [0.1, 0.15) is 0 Å². The number of likely N-dealkylation sites (N-methyl/N-ethyl adjacent to an activating group) is 1. The van der Waals surface area contributed by atoms with Crippen molar-refractivity contribution in [3.63, 3.8) is 0 Å². The number of carbonyl (C=O) groups excluding carboxylic acids is 2. The maximum absolute atomic E-state index is 12.4. The Kier molecular flexibility index (Phi) is 4.73. The van der Waals surface area contributed by atoms with Crippen molar-refractivity contribution < 1.29 is 9.59 Å². The smallest absolute Gasteiger partial charge is 0.242 e. The average molecular weight is 285 g/mol. The number of nitrogens with zero attached hydrogens (tertiary/aromatic N) is 2. The molecule has 1 atom stereocenters. The fourth-order valence-electron chi connectivity index (χ4n) is 2.64. The van der Waals surface area contributed by atoms with Crippen LogP contribution >= 0.6 is 11.8 Å². The monoisotopic (exact) mass is 285 g/mol.